The van der Waals surface area contributed by atoms with Crippen LogP contribution in [0.3, 0.4) is 0 Å². The van der Waals surface area contributed by atoms with Crippen molar-refractivity contribution in [3.05, 3.63) is 46.6 Å². The van der Waals surface area contributed by atoms with Crippen molar-refractivity contribution in [3.8, 4) is 0 Å². The molecule has 2 rings (SSSR count). The van der Waals surface area contributed by atoms with Gasteiger partial charge in [0, 0.05) is 12.4 Å². The Morgan fingerprint density at radius 2 is 2.26 bits per heavy atom. The number of rotatable bonds is 4. The molecule has 0 unspecified atom stereocenters. The Balaban J connectivity index is 2.11. The van der Waals surface area contributed by atoms with Gasteiger partial charge in [-0.15, -0.1) is 0 Å². The summed E-state index contributed by atoms with van der Waals surface area (Å²) in [6, 6.07) is 2.92. The summed E-state index contributed by atoms with van der Waals surface area (Å²) in [6.07, 6.45) is 4.09. The molecular formula is C11H10N4O4. The van der Waals surface area contributed by atoms with Crippen LogP contribution in [0.1, 0.15) is 10.4 Å². The molecule has 8 nitrogen and oxygen atoms in total. The van der Waals surface area contributed by atoms with E-state index >= 15 is 0 Å². The minimum Gasteiger partial charge on any atom is -0.480 e. The zero-order valence-corrected chi connectivity index (χ0v) is 9.66. The fourth-order valence-electron chi connectivity index (χ4n) is 1.45. The van der Waals surface area contributed by atoms with Crippen LogP contribution in [0, 0.1) is 0 Å². The summed E-state index contributed by atoms with van der Waals surface area (Å²) in [5.41, 5.74) is -0.221. The van der Waals surface area contributed by atoms with E-state index in [0.29, 0.717) is 5.69 Å². The topological polar surface area (TPSA) is 117 Å². The van der Waals surface area contributed by atoms with Crippen molar-refractivity contribution in [3.63, 3.8) is 0 Å². The number of carbonyl (C=O) groups excluding carboxylic acids is 1. The molecule has 3 N–H and O–H groups in total. The summed E-state index contributed by atoms with van der Waals surface area (Å²) in [5, 5.41) is 14.8. The molecule has 0 aliphatic heterocycles. The fourth-order valence-corrected chi connectivity index (χ4v) is 1.45. The first-order valence-electron chi connectivity index (χ1n) is 5.29. The molecule has 0 bridgehead atoms. The van der Waals surface area contributed by atoms with Gasteiger partial charge in [-0.25, -0.2) is 0 Å². The minimum atomic E-state index is -1.04. The summed E-state index contributed by atoms with van der Waals surface area (Å²) in [4.78, 5) is 36.0. The highest BCUT2D eigenvalue weighted by Crippen LogP contribution is 2.06. The van der Waals surface area contributed by atoms with Crippen molar-refractivity contribution >= 4 is 17.6 Å². The number of carboxylic acids is 1. The third-order valence-corrected chi connectivity index (χ3v) is 2.25. The van der Waals surface area contributed by atoms with E-state index in [-0.39, 0.29) is 12.1 Å². The minimum absolute atomic E-state index is 0.0338. The number of carboxylic acid groups (broad SMARTS) is 1. The molecule has 0 saturated carbocycles. The molecule has 0 aliphatic carbocycles. The van der Waals surface area contributed by atoms with Gasteiger partial charge in [0.2, 0.25) is 0 Å². The van der Waals surface area contributed by atoms with Crippen LogP contribution in [0.4, 0.5) is 5.69 Å². The van der Waals surface area contributed by atoms with Crippen molar-refractivity contribution in [2.75, 3.05) is 5.32 Å². The van der Waals surface area contributed by atoms with Gasteiger partial charge in [-0.3, -0.25) is 19.1 Å². The molecule has 2 aromatic heterocycles. The zero-order valence-electron chi connectivity index (χ0n) is 9.66. The Morgan fingerprint density at radius 3 is 2.95 bits per heavy atom. The molecule has 2 aromatic rings. The summed E-state index contributed by atoms with van der Waals surface area (Å²) in [5.74, 6) is -1.63. The summed E-state index contributed by atoms with van der Waals surface area (Å²) >= 11 is 0. The van der Waals surface area contributed by atoms with Gasteiger partial charge in [0.05, 0.1) is 11.9 Å². The summed E-state index contributed by atoms with van der Waals surface area (Å²) in [6.45, 7) is -0.304. The highest BCUT2D eigenvalue weighted by molar-refractivity contribution is 6.03. The van der Waals surface area contributed by atoms with Crippen LogP contribution >= 0.6 is 0 Å². The second-order valence-corrected chi connectivity index (χ2v) is 3.69. The molecule has 19 heavy (non-hydrogen) atoms. The largest absolute Gasteiger partial charge is 0.480 e. The first-order chi connectivity index (χ1) is 9.06. The molecule has 0 aromatic carbocycles. The van der Waals surface area contributed by atoms with Crippen LogP contribution in [0.25, 0.3) is 0 Å². The van der Waals surface area contributed by atoms with Gasteiger partial charge in [-0.2, -0.15) is 5.10 Å². The molecule has 0 aliphatic rings. The number of anilines is 1. The third-order valence-electron chi connectivity index (χ3n) is 2.25. The van der Waals surface area contributed by atoms with Crippen molar-refractivity contribution in [2.24, 2.45) is 0 Å². The Hall–Kier alpha value is -2.90. The first kappa shape index (κ1) is 12.6. The Labute approximate surface area is 106 Å². The van der Waals surface area contributed by atoms with Crippen LogP contribution < -0.4 is 10.9 Å². The van der Waals surface area contributed by atoms with E-state index in [4.69, 9.17) is 5.11 Å². The van der Waals surface area contributed by atoms with Gasteiger partial charge in [0.15, 0.2) is 0 Å². The summed E-state index contributed by atoms with van der Waals surface area (Å²) < 4.78 is 1.16. The Kier molecular flexibility index (Phi) is 3.42. The van der Waals surface area contributed by atoms with Gasteiger partial charge in [-0.05, 0) is 12.1 Å². The van der Waals surface area contributed by atoms with Crippen molar-refractivity contribution in [1.82, 2.24) is 14.8 Å². The highest BCUT2D eigenvalue weighted by atomic mass is 16.4. The average Bonchev–Trinajstić information content (AvgIpc) is 2.76. The third kappa shape index (κ3) is 3.06. The highest BCUT2D eigenvalue weighted by Gasteiger charge is 2.11. The van der Waals surface area contributed by atoms with E-state index < -0.39 is 17.4 Å². The van der Waals surface area contributed by atoms with Gasteiger partial charge < -0.3 is 15.4 Å². The summed E-state index contributed by atoms with van der Waals surface area (Å²) in [7, 11) is 0. The van der Waals surface area contributed by atoms with E-state index in [0.717, 1.165) is 4.68 Å². The molecular weight excluding hydrogens is 252 g/mol. The van der Waals surface area contributed by atoms with E-state index in [9.17, 15) is 14.4 Å². The number of aromatic nitrogens is 3. The second-order valence-electron chi connectivity index (χ2n) is 3.69. The number of nitrogens with zero attached hydrogens (tertiary/aromatic N) is 2. The maximum Gasteiger partial charge on any atom is 0.325 e. The van der Waals surface area contributed by atoms with Crippen LogP contribution in [0.5, 0.6) is 0 Å². The zero-order chi connectivity index (χ0) is 13.8. The smallest absolute Gasteiger partial charge is 0.325 e. The number of amides is 1. The predicted octanol–water partition coefficient (Wildman–Crippen LogP) is -0.0917. The van der Waals surface area contributed by atoms with Gasteiger partial charge in [0.1, 0.15) is 12.1 Å². The molecule has 8 heteroatoms. The fraction of sp³-hybridized carbons (Fsp3) is 0.0909. The standard InChI is InChI=1S/C11H10N4O4/c16-9(17)6-15-5-7(4-13-15)14-11(19)8-2-1-3-12-10(8)18/h1-5H,6H2,(H,12,18)(H,14,19)(H,16,17). The van der Waals surface area contributed by atoms with Gasteiger partial charge >= 0.3 is 5.97 Å². The molecule has 0 saturated heterocycles. The predicted molar refractivity (Wildman–Crippen MR) is 64.9 cm³/mol. The number of aliphatic carboxylic acids is 1. The number of hydrogen-bond acceptors (Lipinski definition) is 4. The monoisotopic (exact) mass is 262 g/mol. The van der Waals surface area contributed by atoms with Crippen LogP contribution in [-0.4, -0.2) is 31.7 Å². The van der Waals surface area contributed by atoms with Crippen LogP contribution in [0.15, 0.2) is 35.5 Å². The quantitative estimate of drug-likeness (QED) is 0.711. The molecule has 2 heterocycles. The van der Waals surface area contributed by atoms with E-state index in [2.05, 4.69) is 15.4 Å². The number of hydrogen-bond donors (Lipinski definition) is 3. The Morgan fingerprint density at radius 1 is 1.47 bits per heavy atom. The molecule has 0 spiro atoms. The number of nitrogens with one attached hydrogen (secondary N) is 2. The van der Waals surface area contributed by atoms with E-state index in [1.807, 2.05) is 0 Å². The lowest BCUT2D eigenvalue weighted by Gasteiger charge is -2.00. The van der Waals surface area contributed by atoms with Crippen LogP contribution in [0.2, 0.25) is 0 Å². The Bertz CT molecular complexity index is 673. The molecule has 0 radical (unpaired) electrons. The number of H-pyrrole nitrogens is 1. The van der Waals surface area contributed by atoms with E-state index in [1.165, 1.54) is 30.7 Å². The lowest BCUT2D eigenvalue weighted by atomic mass is 10.2. The van der Waals surface area contributed by atoms with Crippen LogP contribution in [-0.2, 0) is 11.3 Å². The first-order valence-corrected chi connectivity index (χ1v) is 5.29. The number of aromatic amines is 1. The van der Waals surface area contributed by atoms with Gasteiger partial charge in [0.25, 0.3) is 11.5 Å². The second kappa shape index (κ2) is 5.17. The molecule has 0 atom stereocenters. The number of carbonyl (C=O) groups is 2. The normalized spacial score (nSPS) is 10.1. The number of pyridine rings is 1. The molecule has 98 valence electrons. The molecule has 0 fully saturated rings. The van der Waals surface area contributed by atoms with E-state index in [1.54, 1.807) is 0 Å². The average molecular weight is 262 g/mol. The maximum absolute atomic E-state index is 11.8. The lowest BCUT2D eigenvalue weighted by Crippen LogP contribution is -2.22. The van der Waals surface area contributed by atoms with Crippen molar-refractivity contribution in [1.29, 1.82) is 0 Å². The SMILES string of the molecule is O=C(O)Cn1cc(NC(=O)c2ccc[nH]c2=O)cn1. The molecule has 1 amide bonds. The van der Waals surface area contributed by atoms with Gasteiger partial charge in [-0.1, -0.05) is 0 Å². The van der Waals surface area contributed by atoms with Crippen molar-refractivity contribution in [2.45, 2.75) is 6.54 Å². The maximum atomic E-state index is 11.8. The lowest BCUT2D eigenvalue weighted by molar-refractivity contribution is -0.137. The van der Waals surface area contributed by atoms with Crippen molar-refractivity contribution < 1.29 is 14.7 Å².